The quantitative estimate of drug-likeness (QED) is 0.591. The molecule has 2 aliphatic heterocycles. The van der Waals surface area contributed by atoms with Gasteiger partial charge >= 0.3 is 0 Å². The molecule has 0 amide bonds. The van der Waals surface area contributed by atoms with Crippen LogP contribution in [0.2, 0.25) is 0 Å². The molecule has 1 N–H and O–H groups in total. The summed E-state index contributed by atoms with van der Waals surface area (Å²) < 4.78 is 0. The van der Waals surface area contributed by atoms with Crippen LogP contribution >= 0.6 is 0 Å². The Morgan fingerprint density at radius 2 is 2.18 bits per heavy atom. The maximum atomic E-state index is 4.12. The first-order valence-corrected chi connectivity index (χ1v) is 4.26. The van der Waals surface area contributed by atoms with E-state index in [9.17, 15) is 0 Å². The van der Waals surface area contributed by atoms with Gasteiger partial charge in [0.05, 0.1) is 0 Å². The van der Waals surface area contributed by atoms with E-state index in [0.717, 1.165) is 19.5 Å². The third-order valence-electron chi connectivity index (χ3n) is 2.38. The topological polar surface area (TPSA) is 36.8 Å². The lowest BCUT2D eigenvalue weighted by atomic mass is 9.92. The minimum absolute atomic E-state index is 0.707. The van der Waals surface area contributed by atoms with E-state index in [4.69, 9.17) is 0 Å². The monoisotopic (exact) mass is 151 g/mol. The van der Waals surface area contributed by atoms with E-state index in [1.54, 1.807) is 0 Å². The third-order valence-corrected chi connectivity index (χ3v) is 2.38. The standard InChI is InChI=1S/C8H13N3/c1-4-9-5-2-7(1)8-3-6-10-11-8/h6-7,9H,1-5H2. The fourth-order valence-electron chi connectivity index (χ4n) is 1.69. The number of nitrogens with zero attached hydrogens (tertiary/aromatic N) is 2. The van der Waals surface area contributed by atoms with Gasteiger partial charge in [-0.25, -0.2) is 0 Å². The van der Waals surface area contributed by atoms with Gasteiger partial charge in [0, 0.05) is 24.3 Å². The molecule has 11 heavy (non-hydrogen) atoms. The second-order valence-corrected chi connectivity index (χ2v) is 3.12. The second kappa shape index (κ2) is 3.13. The van der Waals surface area contributed by atoms with Crippen LogP contribution in [-0.2, 0) is 0 Å². The van der Waals surface area contributed by atoms with Crippen LogP contribution in [0.4, 0.5) is 0 Å². The molecule has 2 rings (SSSR count). The number of rotatable bonds is 1. The molecule has 3 heteroatoms. The molecule has 0 unspecified atom stereocenters. The minimum atomic E-state index is 0.707. The van der Waals surface area contributed by atoms with Crippen molar-refractivity contribution >= 4 is 11.9 Å². The van der Waals surface area contributed by atoms with Crippen LogP contribution < -0.4 is 5.32 Å². The van der Waals surface area contributed by atoms with Gasteiger partial charge in [0.25, 0.3) is 0 Å². The fourth-order valence-corrected chi connectivity index (χ4v) is 1.69. The largest absolute Gasteiger partial charge is 0.317 e. The van der Waals surface area contributed by atoms with Crippen LogP contribution in [0.3, 0.4) is 0 Å². The summed E-state index contributed by atoms with van der Waals surface area (Å²) in [6.45, 7) is 2.29. The Kier molecular flexibility index (Phi) is 1.99. The maximum Gasteiger partial charge on any atom is 0.0491 e. The Hall–Kier alpha value is -0.700. The normalized spacial score (nSPS) is 25.6. The molecule has 0 saturated carbocycles. The van der Waals surface area contributed by atoms with E-state index in [-0.39, 0.29) is 0 Å². The zero-order chi connectivity index (χ0) is 7.52. The molecular formula is C8H13N3. The van der Waals surface area contributed by atoms with Gasteiger partial charge in [-0.1, -0.05) is 0 Å². The molecule has 0 radical (unpaired) electrons. The molecule has 1 saturated heterocycles. The Morgan fingerprint density at radius 3 is 2.82 bits per heavy atom. The van der Waals surface area contributed by atoms with Gasteiger partial charge in [-0.2, -0.15) is 10.2 Å². The first-order valence-electron chi connectivity index (χ1n) is 4.26. The summed E-state index contributed by atoms with van der Waals surface area (Å²) in [5.74, 6) is 0.707. The van der Waals surface area contributed by atoms with Crippen molar-refractivity contribution < 1.29 is 0 Å². The molecule has 0 aromatic carbocycles. The molecule has 2 heterocycles. The Morgan fingerprint density at radius 1 is 1.36 bits per heavy atom. The summed E-state index contributed by atoms with van der Waals surface area (Å²) >= 11 is 0. The van der Waals surface area contributed by atoms with Crippen molar-refractivity contribution in [1.82, 2.24) is 5.32 Å². The number of hydrogen-bond acceptors (Lipinski definition) is 3. The lowest BCUT2D eigenvalue weighted by Crippen LogP contribution is -2.31. The van der Waals surface area contributed by atoms with Gasteiger partial charge in [0.15, 0.2) is 0 Å². The molecule has 1 fully saturated rings. The van der Waals surface area contributed by atoms with Crippen molar-refractivity contribution in [3.05, 3.63) is 0 Å². The molecule has 0 aliphatic carbocycles. The average molecular weight is 151 g/mol. The minimum Gasteiger partial charge on any atom is -0.317 e. The van der Waals surface area contributed by atoms with Crippen molar-refractivity contribution in [3.63, 3.8) is 0 Å². The van der Waals surface area contributed by atoms with Gasteiger partial charge < -0.3 is 5.32 Å². The van der Waals surface area contributed by atoms with Crippen LogP contribution in [-0.4, -0.2) is 25.0 Å². The first kappa shape index (κ1) is 6.98. The van der Waals surface area contributed by atoms with Gasteiger partial charge in [-0.05, 0) is 25.9 Å². The third kappa shape index (κ3) is 1.48. The predicted octanol–water partition coefficient (Wildman–Crippen LogP) is 0.817. The van der Waals surface area contributed by atoms with Crippen molar-refractivity contribution in [2.45, 2.75) is 19.3 Å². The summed E-state index contributed by atoms with van der Waals surface area (Å²) in [6, 6.07) is 0. The smallest absolute Gasteiger partial charge is 0.0491 e. The van der Waals surface area contributed by atoms with Gasteiger partial charge in [0.1, 0.15) is 0 Å². The molecule has 3 nitrogen and oxygen atoms in total. The first-order chi connectivity index (χ1) is 5.47. The van der Waals surface area contributed by atoms with Crippen LogP contribution in [0, 0.1) is 5.92 Å². The summed E-state index contributed by atoms with van der Waals surface area (Å²) in [7, 11) is 0. The number of piperidine rings is 1. The Bertz CT molecular complexity index is 190. The van der Waals surface area contributed by atoms with Crippen LogP contribution in [0.25, 0.3) is 0 Å². The van der Waals surface area contributed by atoms with Crippen LogP contribution in [0.5, 0.6) is 0 Å². The molecule has 0 aromatic rings. The Balaban J connectivity index is 1.93. The molecule has 0 bridgehead atoms. The fraction of sp³-hybridized carbons (Fsp3) is 0.750. The van der Waals surface area contributed by atoms with Gasteiger partial charge in [-0.15, -0.1) is 0 Å². The highest BCUT2D eigenvalue weighted by Gasteiger charge is 2.19. The van der Waals surface area contributed by atoms with E-state index < -0.39 is 0 Å². The van der Waals surface area contributed by atoms with Crippen molar-refractivity contribution in [2.75, 3.05) is 13.1 Å². The van der Waals surface area contributed by atoms with E-state index in [2.05, 4.69) is 15.5 Å². The summed E-state index contributed by atoms with van der Waals surface area (Å²) in [4.78, 5) is 0. The predicted molar refractivity (Wildman–Crippen MR) is 46.1 cm³/mol. The molecule has 0 spiro atoms. The van der Waals surface area contributed by atoms with E-state index in [1.807, 2.05) is 6.21 Å². The SMILES string of the molecule is C1=NN=C(C2CCNCC2)C1. The maximum absolute atomic E-state index is 4.12. The van der Waals surface area contributed by atoms with Crippen molar-refractivity contribution in [3.8, 4) is 0 Å². The van der Waals surface area contributed by atoms with E-state index in [0.29, 0.717) is 5.92 Å². The highest BCUT2D eigenvalue weighted by atomic mass is 15.2. The summed E-state index contributed by atoms with van der Waals surface area (Å²) in [6.07, 6.45) is 5.37. The molecule has 0 atom stereocenters. The van der Waals surface area contributed by atoms with Gasteiger partial charge in [-0.3, -0.25) is 0 Å². The van der Waals surface area contributed by atoms with E-state index >= 15 is 0 Å². The highest BCUT2D eigenvalue weighted by Crippen LogP contribution is 2.17. The van der Waals surface area contributed by atoms with Crippen molar-refractivity contribution in [2.24, 2.45) is 16.1 Å². The molecular weight excluding hydrogens is 138 g/mol. The van der Waals surface area contributed by atoms with Crippen LogP contribution in [0.1, 0.15) is 19.3 Å². The number of hydrogen-bond donors (Lipinski definition) is 1. The second-order valence-electron chi connectivity index (χ2n) is 3.12. The van der Waals surface area contributed by atoms with Crippen LogP contribution in [0.15, 0.2) is 10.2 Å². The average Bonchev–Trinajstić information content (AvgIpc) is 2.58. The summed E-state index contributed by atoms with van der Waals surface area (Å²) in [5.41, 5.74) is 1.30. The van der Waals surface area contributed by atoms with Crippen molar-refractivity contribution in [1.29, 1.82) is 0 Å². The van der Waals surface area contributed by atoms with E-state index in [1.165, 1.54) is 18.6 Å². The zero-order valence-electron chi connectivity index (χ0n) is 6.58. The zero-order valence-corrected chi connectivity index (χ0v) is 6.58. The number of nitrogens with one attached hydrogen (secondary N) is 1. The molecule has 60 valence electrons. The molecule has 0 aromatic heterocycles. The Labute approximate surface area is 66.6 Å². The van der Waals surface area contributed by atoms with Gasteiger partial charge in [0.2, 0.25) is 0 Å². The summed E-state index contributed by atoms with van der Waals surface area (Å²) in [5, 5.41) is 11.3. The lowest BCUT2D eigenvalue weighted by molar-refractivity contribution is 0.454. The highest BCUT2D eigenvalue weighted by molar-refractivity contribution is 5.99. The molecule has 2 aliphatic rings. The lowest BCUT2D eigenvalue weighted by Gasteiger charge is -2.21.